The third-order valence-corrected chi connectivity index (χ3v) is 10.7. The molecule has 5 nitrogen and oxygen atoms in total. The first-order chi connectivity index (χ1) is 12.7. The third-order valence-electron chi connectivity index (χ3n) is 5.78. The van der Waals surface area contributed by atoms with Crippen molar-refractivity contribution in [2.75, 3.05) is 13.7 Å². The van der Waals surface area contributed by atoms with Gasteiger partial charge in [-0.25, -0.2) is 0 Å². The van der Waals surface area contributed by atoms with Gasteiger partial charge in [0.2, 0.25) is 0 Å². The zero-order valence-electron chi connectivity index (χ0n) is 19.2. The van der Waals surface area contributed by atoms with Gasteiger partial charge in [-0.2, -0.15) is 0 Å². The summed E-state index contributed by atoms with van der Waals surface area (Å²) in [4.78, 5) is 0. The Kier molecular flexibility index (Phi) is 10.1. The van der Waals surface area contributed by atoms with E-state index in [-0.39, 0.29) is 23.4 Å². The van der Waals surface area contributed by atoms with Gasteiger partial charge in [0.25, 0.3) is 0 Å². The van der Waals surface area contributed by atoms with E-state index in [0.29, 0.717) is 13.0 Å². The van der Waals surface area contributed by atoms with Gasteiger partial charge in [0.1, 0.15) is 6.10 Å². The first-order valence-electron chi connectivity index (χ1n) is 10.2. The second kappa shape index (κ2) is 10.7. The molecule has 0 radical (unpaired) electrons. The van der Waals surface area contributed by atoms with Crippen LogP contribution in [0.15, 0.2) is 9.66 Å². The minimum Gasteiger partial charge on any atom is -0.411 e. The molecule has 0 spiro atoms. The summed E-state index contributed by atoms with van der Waals surface area (Å²) in [5.41, 5.74) is 0. The van der Waals surface area contributed by atoms with Crippen LogP contribution in [0.1, 0.15) is 60.8 Å². The molecule has 0 aromatic heterocycles. The van der Waals surface area contributed by atoms with Crippen molar-refractivity contribution in [3.63, 3.8) is 0 Å². The van der Waals surface area contributed by atoms with Crippen molar-refractivity contribution in [3.8, 4) is 0 Å². The largest absolute Gasteiger partial charge is 0.411 e. The Balaban J connectivity index is 2.89. The van der Waals surface area contributed by atoms with E-state index in [2.05, 4.69) is 69.5 Å². The fraction of sp³-hybridized carbons (Fsp3) is 0.905. The van der Waals surface area contributed by atoms with E-state index in [1.54, 1.807) is 7.11 Å². The summed E-state index contributed by atoms with van der Waals surface area (Å²) in [7, 11) is -0.267. The number of rotatable bonds is 10. The van der Waals surface area contributed by atoms with Gasteiger partial charge in [-0.15, -0.1) is 0 Å². The van der Waals surface area contributed by atoms with E-state index in [9.17, 15) is 5.11 Å². The van der Waals surface area contributed by atoms with E-state index in [1.165, 1.54) is 3.58 Å². The van der Waals surface area contributed by atoms with Crippen LogP contribution >= 0.6 is 22.6 Å². The molecule has 0 aliphatic carbocycles. The summed E-state index contributed by atoms with van der Waals surface area (Å²) in [5, 5.41) is 10.9. The van der Waals surface area contributed by atoms with Crippen LogP contribution in [0, 0.1) is 0 Å². The number of hydrogen-bond acceptors (Lipinski definition) is 5. The van der Waals surface area contributed by atoms with Gasteiger partial charge < -0.3 is 23.7 Å². The maximum Gasteiger partial charge on any atom is 0.192 e. The molecule has 28 heavy (non-hydrogen) atoms. The molecule has 1 heterocycles. The lowest BCUT2D eigenvalue weighted by Gasteiger charge is -2.41. The van der Waals surface area contributed by atoms with Gasteiger partial charge >= 0.3 is 0 Å². The number of aliphatic hydroxyl groups excluding tert-OH is 1. The second-order valence-corrected chi connectivity index (χ2v) is 16.2. The highest BCUT2D eigenvalue weighted by atomic mass is 127. The maximum atomic E-state index is 10.8. The number of halogens is 1. The fourth-order valence-corrected chi connectivity index (χ4v) is 4.71. The van der Waals surface area contributed by atoms with Crippen molar-refractivity contribution in [2.24, 2.45) is 0 Å². The molecule has 4 atom stereocenters. The molecule has 166 valence electrons. The van der Waals surface area contributed by atoms with Crippen LogP contribution < -0.4 is 0 Å². The van der Waals surface area contributed by atoms with Crippen molar-refractivity contribution in [1.29, 1.82) is 0 Å². The SMILES string of the molecule is CO[C@@H](C[C@H](O)[C@@H]1COC(C)(C)O1)[C@H](CC/C=C(\C)I)O[Si](C)(C)C(C)(C)C. The number of ether oxygens (including phenoxy) is 3. The molecule has 0 aromatic carbocycles. The Hall–Kier alpha value is 0.487. The quantitative estimate of drug-likeness (QED) is 0.304. The van der Waals surface area contributed by atoms with Crippen LogP contribution in [0.2, 0.25) is 18.1 Å². The third kappa shape index (κ3) is 8.32. The summed E-state index contributed by atoms with van der Waals surface area (Å²) >= 11 is 2.33. The van der Waals surface area contributed by atoms with E-state index >= 15 is 0 Å². The molecule has 1 aliphatic heterocycles. The van der Waals surface area contributed by atoms with Crippen LogP contribution in [0.25, 0.3) is 0 Å². The van der Waals surface area contributed by atoms with Crippen molar-refractivity contribution < 1.29 is 23.7 Å². The topological polar surface area (TPSA) is 57.2 Å². The van der Waals surface area contributed by atoms with E-state index in [4.69, 9.17) is 18.6 Å². The Morgan fingerprint density at radius 2 is 1.93 bits per heavy atom. The van der Waals surface area contributed by atoms with Gasteiger partial charge in [-0.05, 0) is 77.9 Å². The molecular formula is C21H41IO5Si. The zero-order chi connectivity index (χ0) is 21.8. The summed E-state index contributed by atoms with van der Waals surface area (Å²) < 4.78 is 25.3. The molecule has 0 unspecified atom stereocenters. The smallest absolute Gasteiger partial charge is 0.192 e. The van der Waals surface area contributed by atoms with E-state index < -0.39 is 20.2 Å². The van der Waals surface area contributed by atoms with Gasteiger partial charge in [-0.1, -0.05) is 26.8 Å². The Bertz CT molecular complexity index is 511. The van der Waals surface area contributed by atoms with Crippen LogP contribution in [0.3, 0.4) is 0 Å². The number of aliphatic hydroxyl groups is 1. The monoisotopic (exact) mass is 528 g/mol. The Morgan fingerprint density at radius 1 is 1.32 bits per heavy atom. The summed E-state index contributed by atoms with van der Waals surface area (Å²) in [5.74, 6) is -0.645. The lowest BCUT2D eigenvalue weighted by molar-refractivity contribution is -0.155. The molecule has 0 saturated carbocycles. The van der Waals surface area contributed by atoms with Gasteiger partial charge in [0.15, 0.2) is 14.1 Å². The number of methoxy groups -OCH3 is 1. The molecular weight excluding hydrogens is 487 g/mol. The first kappa shape index (κ1) is 26.5. The molecule has 1 saturated heterocycles. The molecule has 1 rings (SSSR count). The highest BCUT2D eigenvalue weighted by Crippen LogP contribution is 2.39. The lowest BCUT2D eigenvalue weighted by atomic mass is 10.00. The molecule has 1 aliphatic rings. The van der Waals surface area contributed by atoms with E-state index in [0.717, 1.165) is 12.8 Å². The normalized spacial score (nSPS) is 24.2. The van der Waals surface area contributed by atoms with Crippen molar-refractivity contribution in [1.82, 2.24) is 0 Å². The van der Waals surface area contributed by atoms with Crippen LogP contribution in [-0.4, -0.2) is 57.3 Å². The average Bonchev–Trinajstić information content (AvgIpc) is 2.90. The average molecular weight is 529 g/mol. The summed E-state index contributed by atoms with van der Waals surface area (Å²) in [6.07, 6.45) is 3.24. The standard InChI is InChI=1S/C21H41IO5Si/c1-15(22)11-10-12-17(27-28(8,9)20(2,3)4)18(24-7)13-16(23)19-14-25-21(5,6)26-19/h11,16-19,23H,10,12-14H2,1-9H3/b15-11+/t16-,17-,18-,19-/m0/s1. The predicted molar refractivity (Wildman–Crippen MR) is 125 cm³/mol. The molecule has 0 bridgehead atoms. The first-order valence-corrected chi connectivity index (χ1v) is 14.2. The van der Waals surface area contributed by atoms with Crippen LogP contribution in [-0.2, 0) is 18.6 Å². The highest BCUT2D eigenvalue weighted by molar-refractivity contribution is 14.1. The fourth-order valence-electron chi connectivity index (χ4n) is 3.02. The zero-order valence-corrected chi connectivity index (χ0v) is 22.3. The lowest BCUT2D eigenvalue weighted by Crippen LogP contribution is -2.48. The van der Waals surface area contributed by atoms with Crippen LogP contribution in [0.5, 0.6) is 0 Å². The minimum absolute atomic E-state index is 0.0668. The summed E-state index contributed by atoms with van der Waals surface area (Å²) in [6, 6.07) is 0. The van der Waals surface area contributed by atoms with E-state index in [1.807, 2.05) is 13.8 Å². The van der Waals surface area contributed by atoms with Crippen molar-refractivity contribution in [2.45, 2.75) is 109 Å². The number of allylic oxidation sites excluding steroid dienone is 2. The molecule has 0 aromatic rings. The molecule has 1 fully saturated rings. The second-order valence-electron chi connectivity index (χ2n) is 9.73. The van der Waals surface area contributed by atoms with Crippen molar-refractivity contribution in [3.05, 3.63) is 9.66 Å². The van der Waals surface area contributed by atoms with Crippen LogP contribution in [0.4, 0.5) is 0 Å². The Labute approximate surface area is 186 Å². The molecule has 1 N–H and O–H groups in total. The summed E-state index contributed by atoms with van der Waals surface area (Å²) in [6.45, 7) is 17.5. The van der Waals surface area contributed by atoms with Gasteiger partial charge in [-0.3, -0.25) is 0 Å². The van der Waals surface area contributed by atoms with Crippen molar-refractivity contribution >= 4 is 30.9 Å². The van der Waals surface area contributed by atoms with Gasteiger partial charge in [0, 0.05) is 13.5 Å². The predicted octanol–water partition coefficient (Wildman–Crippen LogP) is 5.41. The maximum absolute atomic E-state index is 10.8. The highest BCUT2D eigenvalue weighted by Gasteiger charge is 2.42. The Morgan fingerprint density at radius 3 is 2.36 bits per heavy atom. The van der Waals surface area contributed by atoms with Gasteiger partial charge in [0.05, 0.1) is 24.9 Å². The molecule has 7 heteroatoms. The molecule has 0 amide bonds. The number of hydrogen-bond donors (Lipinski definition) is 1. The minimum atomic E-state index is -1.97.